The Morgan fingerprint density at radius 1 is 1.27 bits per heavy atom. The summed E-state index contributed by atoms with van der Waals surface area (Å²) >= 11 is 0. The summed E-state index contributed by atoms with van der Waals surface area (Å²) in [6.07, 6.45) is 1.34. The van der Waals surface area contributed by atoms with Crippen LogP contribution in [0.25, 0.3) is 11.0 Å². The summed E-state index contributed by atoms with van der Waals surface area (Å²) in [7, 11) is 2.10. The molecule has 1 aliphatic heterocycles. The first-order valence-corrected chi connectivity index (χ1v) is 5.47. The molecule has 0 bridgehead atoms. The van der Waals surface area contributed by atoms with Gasteiger partial charge in [-0.15, -0.1) is 0 Å². The molecule has 3 rings (SSSR count). The number of nitrogens with zero attached hydrogens (tertiary/aromatic N) is 3. The lowest BCUT2D eigenvalue weighted by Gasteiger charge is -2.30. The lowest BCUT2D eigenvalue weighted by Crippen LogP contribution is -2.37. The third-order valence-corrected chi connectivity index (χ3v) is 3.19. The third-order valence-electron chi connectivity index (χ3n) is 3.19. The highest BCUT2D eigenvalue weighted by Crippen LogP contribution is 2.17. The average Bonchev–Trinajstić information content (AvgIpc) is 2.51. The predicted octanol–water partition coefficient (Wildman–Crippen LogP) is 1.78. The van der Waals surface area contributed by atoms with Crippen LogP contribution in [0.1, 0.15) is 12.2 Å². The number of aryl methyl sites for hydroxylation is 1. The molecular formula is C12H15N3. The van der Waals surface area contributed by atoms with E-state index in [1.54, 1.807) is 0 Å². The zero-order valence-electron chi connectivity index (χ0n) is 8.98. The Bertz CT molecular complexity index is 483. The fourth-order valence-corrected chi connectivity index (χ4v) is 2.08. The molecule has 0 saturated carbocycles. The zero-order valence-corrected chi connectivity index (χ0v) is 8.98. The summed E-state index contributed by atoms with van der Waals surface area (Å²) in [4.78, 5) is 7.09. The minimum atomic E-state index is 0.991. The minimum absolute atomic E-state index is 0.991. The van der Waals surface area contributed by atoms with E-state index in [4.69, 9.17) is 0 Å². The Balaban J connectivity index is 1.99. The fraction of sp³-hybridized carbons (Fsp3) is 0.417. The molecule has 0 unspecified atom stereocenters. The fourth-order valence-electron chi connectivity index (χ4n) is 2.08. The molecule has 1 aromatic heterocycles. The zero-order chi connectivity index (χ0) is 10.3. The molecule has 0 N–H and O–H groups in total. The highest BCUT2D eigenvalue weighted by molar-refractivity contribution is 5.75. The van der Waals surface area contributed by atoms with Gasteiger partial charge in [0.2, 0.25) is 0 Å². The van der Waals surface area contributed by atoms with Gasteiger partial charge in [0.15, 0.2) is 0 Å². The smallest absolute Gasteiger partial charge is 0.123 e. The van der Waals surface area contributed by atoms with E-state index >= 15 is 0 Å². The van der Waals surface area contributed by atoms with Crippen LogP contribution in [0.2, 0.25) is 0 Å². The van der Waals surface area contributed by atoms with Crippen LogP contribution in [0.4, 0.5) is 0 Å². The van der Waals surface area contributed by atoms with Gasteiger partial charge < -0.3 is 4.57 Å². The minimum Gasteiger partial charge on any atom is -0.330 e. The van der Waals surface area contributed by atoms with E-state index in [1.807, 2.05) is 6.07 Å². The van der Waals surface area contributed by atoms with Crippen molar-refractivity contribution < 1.29 is 0 Å². The molecule has 1 aliphatic rings. The molecule has 15 heavy (non-hydrogen) atoms. The molecule has 1 aromatic carbocycles. The number of hydrogen-bond donors (Lipinski definition) is 0. The van der Waals surface area contributed by atoms with Gasteiger partial charge in [-0.3, -0.25) is 4.90 Å². The van der Waals surface area contributed by atoms with Gasteiger partial charge in [0.05, 0.1) is 17.6 Å². The first-order chi connectivity index (χ1) is 7.34. The molecule has 0 spiro atoms. The van der Waals surface area contributed by atoms with Gasteiger partial charge in [0, 0.05) is 7.05 Å². The first-order valence-electron chi connectivity index (χ1n) is 5.47. The summed E-state index contributed by atoms with van der Waals surface area (Å²) in [6, 6.07) is 8.32. The number of para-hydroxylation sites is 2. The average molecular weight is 201 g/mol. The van der Waals surface area contributed by atoms with Crippen LogP contribution >= 0.6 is 0 Å². The van der Waals surface area contributed by atoms with Crippen molar-refractivity contribution in [2.75, 3.05) is 13.1 Å². The molecular weight excluding hydrogens is 186 g/mol. The van der Waals surface area contributed by atoms with Crippen molar-refractivity contribution in [2.45, 2.75) is 13.0 Å². The molecule has 3 nitrogen and oxygen atoms in total. The number of likely N-dealkylation sites (tertiary alicyclic amines) is 1. The van der Waals surface area contributed by atoms with Gasteiger partial charge in [-0.2, -0.15) is 0 Å². The SMILES string of the molecule is Cn1c(CN2CCC2)nc2ccccc21. The Kier molecular flexibility index (Phi) is 1.99. The highest BCUT2D eigenvalue weighted by Gasteiger charge is 2.16. The highest BCUT2D eigenvalue weighted by atomic mass is 15.2. The first kappa shape index (κ1) is 8.92. The largest absolute Gasteiger partial charge is 0.330 e. The number of rotatable bonds is 2. The van der Waals surface area contributed by atoms with Crippen molar-refractivity contribution in [2.24, 2.45) is 7.05 Å². The van der Waals surface area contributed by atoms with Crippen molar-refractivity contribution in [3.05, 3.63) is 30.1 Å². The maximum atomic E-state index is 4.66. The standard InChI is InChI=1S/C12H15N3/c1-14-11-6-3-2-5-10(11)13-12(14)9-15-7-4-8-15/h2-3,5-6H,4,7-9H2,1H3. The lowest BCUT2D eigenvalue weighted by atomic mass is 10.2. The van der Waals surface area contributed by atoms with Crippen LogP contribution in [0.15, 0.2) is 24.3 Å². The molecule has 2 heterocycles. The molecule has 2 aromatic rings. The summed E-state index contributed by atoms with van der Waals surface area (Å²) in [5.74, 6) is 1.18. The van der Waals surface area contributed by atoms with E-state index in [9.17, 15) is 0 Å². The molecule has 0 radical (unpaired) electrons. The molecule has 0 aliphatic carbocycles. The van der Waals surface area contributed by atoms with E-state index < -0.39 is 0 Å². The Morgan fingerprint density at radius 3 is 2.73 bits per heavy atom. The molecule has 3 heteroatoms. The van der Waals surface area contributed by atoms with Crippen LogP contribution < -0.4 is 0 Å². The van der Waals surface area contributed by atoms with Gasteiger partial charge in [0.1, 0.15) is 5.82 Å². The van der Waals surface area contributed by atoms with Gasteiger partial charge >= 0.3 is 0 Å². The van der Waals surface area contributed by atoms with Crippen molar-refractivity contribution in [1.29, 1.82) is 0 Å². The second-order valence-electron chi connectivity index (χ2n) is 4.21. The van der Waals surface area contributed by atoms with Crippen LogP contribution in [-0.4, -0.2) is 27.5 Å². The van der Waals surface area contributed by atoms with Crippen molar-refractivity contribution in [3.63, 3.8) is 0 Å². The lowest BCUT2D eigenvalue weighted by molar-refractivity contribution is 0.167. The van der Waals surface area contributed by atoms with Crippen molar-refractivity contribution in [3.8, 4) is 0 Å². The predicted molar refractivity (Wildman–Crippen MR) is 60.6 cm³/mol. The number of imidazole rings is 1. The number of aromatic nitrogens is 2. The summed E-state index contributed by atoms with van der Waals surface area (Å²) in [5, 5.41) is 0. The summed E-state index contributed by atoms with van der Waals surface area (Å²) in [6.45, 7) is 3.44. The van der Waals surface area contributed by atoms with E-state index in [1.165, 1.54) is 30.9 Å². The van der Waals surface area contributed by atoms with Crippen LogP contribution in [-0.2, 0) is 13.6 Å². The molecule has 0 atom stereocenters. The molecule has 1 saturated heterocycles. The normalized spacial score (nSPS) is 16.9. The second kappa shape index (κ2) is 3.35. The van der Waals surface area contributed by atoms with Crippen molar-refractivity contribution in [1.82, 2.24) is 14.5 Å². The second-order valence-corrected chi connectivity index (χ2v) is 4.21. The third kappa shape index (κ3) is 1.43. The Morgan fingerprint density at radius 2 is 2.07 bits per heavy atom. The van der Waals surface area contributed by atoms with Crippen LogP contribution in [0.3, 0.4) is 0 Å². The van der Waals surface area contributed by atoms with E-state index in [0.717, 1.165) is 12.1 Å². The van der Waals surface area contributed by atoms with Crippen molar-refractivity contribution >= 4 is 11.0 Å². The summed E-state index contributed by atoms with van der Waals surface area (Å²) < 4.78 is 2.20. The van der Waals surface area contributed by atoms with Crippen LogP contribution in [0, 0.1) is 0 Å². The number of fused-ring (bicyclic) bond motifs is 1. The summed E-state index contributed by atoms with van der Waals surface area (Å²) in [5.41, 5.74) is 2.34. The maximum absolute atomic E-state index is 4.66. The van der Waals surface area contributed by atoms with Gasteiger partial charge in [-0.1, -0.05) is 12.1 Å². The van der Waals surface area contributed by atoms with E-state index in [2.05, 4.69) is 39.7 Å². The number of benzene rings is 1. The molecule has 78 valence electrons. The molecule has 1 fully saturated rings. The monoisotopic (exact) mass is 201 g/mol. The van der Waals surface area contributed by atoms with Crippen LogP contribution in [0.5, 0.6) is 0 Å². The maximum Gasteiger partial charge on any atom is 0.123 e. The van der Waals surface area contributed by atoms with E-state index in [0.29, 0.717) is 0 Å². The number of hydrogen-bond acceptors (Lipinski definition) is 2. The Labute approximate surface area is 89.3 Å². The molecule has 0 amide bonds. The quantitative estimate of drug-likeness (QED) is 0.738. The van der Waals surface area contributed by atoms with Gasteiger partial charge in [-0.05, 0) is 31.6 Å². The Hall–Kier alpha value is -1.35. The van der Waals surface area contributed by atoms with Gasteiger partial charge in [0.25, 0.3) is 0 Å². The topological polar surface area (TPSA) is 21.1 Å². The van der Waals surface area contributed by atoms with Gasteiger partial charge in [-0.25, -0.2) is 4.98 Å². The van der Waals surface area contributed by atoms with E-state index in [-0.39, 0.29) is 0 Å².